The molecule has 2 heterocycles. The first-order valence-electron chi connectivity index (χ1n) is 9.93. The fourth-order valence-electron chi connectivity index (χ4n) is 3.96. The van der Waals surface area contributed by atoms with Gasteiger partial charge in [0, 0.05) is 18.0 Å². The normalized spacial score (nSPS) is 12.2. The van der Waals surface area contributed by atoms with Crippen molar-refractivity contribution in [3.8, 4) is 22.6 Å². The molecule has 0 radical (unpaired) electrons. The maximum absolute atomic E-state index is 13.6. The Morgan fingerprint density at radius 3 is 2.55 bits per heavy atom. The second-order valence-electron chi connectivity index (χ2n) is 7.47. The van der Waals surface area contributed by atoms with Crippen LogP contribution in [0.5, 0.6) is 11.5 Å². The van der Waals surface area contributed by atoms with Crippen molar-refractivity contribution in [2.45, 2.75) is 6.92 Å². The van der Waals surface area contributed by atoms with E-state index in [1.807, 2.05) is 61.0 Å². The van der Waals surface area contributed by atoms with Gasteiger partial charge in [0.25, 0.3) is 5.91 Å². The van der Waals surface area contributed by atoms with Crippen LogP contribution >= 0.6 is 0 Å². The quantitative estimate of drug-likeness (QED) is 0.538. The van der Waals surface area contributed by atoms with Gasteiger partial charge in [-0.25, -0.2) is 0 Å². The molecule has 0 saturated heterocycles. The molecule has 0 bridgehead atoms. The van der Waals surface area contributed by atoms with Gasteiger partial charge in [0.05, 0.1) is 11.1 Å². The van der Waals surface area contributed by atoms with Gasteiger partial charge in [-0.1, -0.05) is 36.4 Å². The third-order valence-corrected chi connectivity index (χ3v) is 5.59. The number of pyridine rings is 1. The van der Waals surface area contributed by atoms with Crippen LogP contribution in [0, 0.1) is 6.92 Å². The molecule has 1 aromatic heterocycles. The molecule has 5 rings (SSSR count). The number of carbonyl (C=O) groups is 1. The minimum Gasteiger partial charge on any atom is -0.454 e. The van der Waals surface area contributed by atoms with E-state index in [-0.39, 0.29) is 18.1 Å². The van der Waals surface area contributed by atoms with E-state index in [2.05, 4.69) is 5.32 Å². The van der Waals surface area contributed by atoms with E-state index in [0.29, 0.717) is 39.4 Å². The highest BCUT2D eigenvalue weighted by Crippen LogP contribution is 2.37. The van der Waals surface area contributed by atoms with Crippen LogP contribution in [-0.2, 0) is 7.05 Å². The van der Waals surface area contributed by atoms with Gasteiger partial charge in [-0.15, -0.1) is 0 Å². The number of ether oxygens (including phenoxy) is 2. The topological polar surface area (TPSA) is 69.6 Å². The van der Waals surface area contributed by atoms with E-state index in [1.165, 1.54) is 0 Å². The number of benzene rings is 3. The van der Waals surface area contributed by atoms with Gasteiger partial charge in [0.1, 0.15) is 5.82 Å². The molecule has 4 aromatic rings. The number of hydrogen-bond acceptors (Lipinski definition) is 4. The van der Waals surface area contributed by atoms with Crippen LogP contribution < -0.4 is 20.2 Å². The zero-order valence-corrected chi connectivity index (χ0v) is 17.1. The van der Waals surface area contributed by atoms with Crippen molar-refractivity contribution in [2.24, 2.45) is 7.05 Å². The average molecular weight is 412 g/mol. The smallest absolute Gasteiger partial charge is 0.257 e. The molecule has 1 N–H and O–H groups in total. The van der Waals surface area contributed by atoms with Crippen molar-refractivity contribution in [1.29, 1.82) is 0 Å². The number of nitrogens with zero attached hydrogens (tertiary/aromatic N) is 1. The second-order valence-corrected chi connectivity index (χ2v) is 7.47. The number of rotatable bonds is 3. The van der Waals surface area contributed by atoms with E-state index >= 15 is 0 Å². The highest BCUT2D eigenvalue weighted by molar-refractivity contribution is 6.07. The second kappa shape index (κ2) is 7.32. The first kappa shape index (κ1) is 18.9. The number of aryl methyl sites for hydroxylation is 2. The van der Waals surface area contributed by atoms with Gasteiger partial charge in [0.15, 0.2) is 16.9 Å². The number of fused-ring (bicyclic) bond motifs is 2. The average Bonchev–Trinajstić information content (AvgIpc) is 3.25. The molecule has 1 aliphatic rings. The fourth-order valence-corrected chi connectivity index (χ4v) is 3.96. The monoisotopic (exact) mass is 412 g/mol. The van der Waals surface area contributed by atoms with Crippen molar-refractivity contribution in [2.75, 3.05) is 12.1 Å². The molecule has 6 heteroatoms. The molecule has 31 heavy (non-hydrogen) atoms. The van der Waals surface area contributed by atoms with E-state index < -0.39 is 0 Å². The summed E-state index contributed by atoms with van der Waals surface area (Å²) < 4.78 is 12.7. The summed E-state index contributed by atoms with van der Waals surface area (Å²) >= 11 is 0. The summed E-state index contributed by atoms with van der Waals surface area (Å²) in [6, 6.07) is 20.1. The lowest BCUT2D eigenvalue weighted by Crippen LogP contribution is -2.22. The van der Waals surface area contributed by atoms with Crippen LogP contribution in [0.25, 0.3) is 22.0 Å². The molecule has 0 saturated carbocycles. The maximum atomic E-state index is 13.6. The lowest BCUT2D eigenvalue weighted by atomic mass is 10.0. The number of carbonyl (C=O) groups excluding carboxylic acids is 1. The molecule has 0 unspecified atom stereocenters. The third kappa shape index (κ3) is 3.13. The molecule has 6 nitrogen and oxygen atoms in total. The molecule has 1 aliphatic heterocycles. The van der Waals surface area contributed by atoms with Gasteiger partial charge in [-0.05, 0) is 48.4 Å². The summed E-state index contributed by atoms with van der Waals surface area (Å²) in [7, 11) is 1.84. The molecule has 0 atom stereocenters. The summed E-state index contributed by atoms with van der Waals surface area (Å²) in [6.45, 7) is 2.03. The Balaban J connectivity index is 1.74. The van der Waals surface area contributed by atoms with Crippen molar-refractivity contribution < 1.29 is 14.3 Å². The summed E-state index contributed by atoms with van der Waals surface area (Å²) in [5.41, 5.74) is 3.04. The zero-order valence-electron chi connectivity index (χ0n) is 17.1. The number of nitrogens with one attached hydrogen (secondary N) is 1. The largest absolute Gasteiger partial charge is 0.454 e. The van der Waals surface area contributed by atoms with E-state index in [4.69, 9.17) is 9.47 Å². The van der Waals surface area contributed by atoms with Crippen LogP contribution in [0.15, 0.2) is 71.5 Å². The molecular weight excluding hydrogens is 392 g/mol. The maximum Gasteiger partial charge on any atom is 0.257 e. The fraction of sp³-hybridized carbons (Fsp3) is 0.120. The Morgan fingerprint density at radius 1 is 0.968 bits per heavy atom. The Morgan fingerprint density at radius 2 is 1.71 bits per heavy atom. The number of amides is 1. The Hall–Kier alpha value is -4.06. The Labute approximate surface area is 178 Å². The molecule has 3 aromatic carbocycles. The molecule has 154 valence electrons. The molecule has 0 aliphatic carbocycles. The van der Waals surface area contributed by atoms with Crippen LogP contribution in [-0.4, -0.2) is 17.3 Å². The first-order chi connectivity index (χ1) is 15.0. The van der Waals surface area contributed by atoms with Crippen molar-refractivity contribution in [1.82, 2.24) is 4.57 Å². The highest BCUT2D eigenvalue weighted by Gasteiger charge is 2.22. The number of para-hydroxylation sites is 1. The summed E-state index contributed by atoms with van der Waals surface area (Å²) in [5.74, 6) is 1.36. The number of hydrogen-bond donors (Lipinski definition) is 1. The van der Waals surface area contributed by atoms with Crippen molar-refractivity contribution >= 4 is 22.6 Å². The van der Waals surface area contributed by atoms with Gasteiger partial charge >= 0.3 is 0 Å². The van der Waals surface area contributed by atoms with E-state index in [0.717, 1.165) is 11.1 Å². The standard InChI is InChI=1S/C25H20N2O4/c1-15-7-3-4-8-17(15)25(29)26-24-22(16-11-12-20-21(13-16)31-14-30-20)23(28)18-9-5-6-10-19(18)27(24)2/h3-13H,14H2,1-2H3,(H,26,29). The molecule has 0 fully saturated rings. The first-order valence-corrected chi connectivity index (χ1v) is 9.93. The molecular formula is C25H20N2O4. The van der Waals surface area contributed by atoms with Crippen molar-refractivity contribution in [3.63, 3.8) is 0 Å². The minimum absolute atomic E-state index is 0.144. The van der Waals surface area contributed by atoms with Crippen LogP contribution in [0.3, 0.4) is 0 Å². The van der Waals surface area contributed by atoms with Crippen LogP contribution in [0.2, 0.25) is 0 Å². The van der Waals surface area contributed by atoms with Gasteiger partial charge in [-0.2, -0.15) is 0 Å². The van der Waals surface area contributed by atoms with Gasteiger partial charge < -0.3 is 19.4 Å². The molecule has 0 spiro atoms. The summed E-state index contributed by atoms with van der Waals surface area (Å²) in [4.78, 5) is 26.7. The lowest BCUT2D eigenvalue weighted by Gasteiger charge is -2.19. The van der Waals surface area contributed by atoms with E-state index in [9.17, 15) is 9.59 Å². The zero-order chi connectivity index (χ0) is 21.5. The van der Waals surface area contributed by atoms with Gasteiger partial charge in [-0.3, -0.25) is 9.59 Å². The van der Waals surface area contributed by atoms with Gasteiger partial charge in [0.2, 0.25) is 6.79 Å². The predicted molar refractivity (Wildman–Crippen MR) is 120 cm³/mol. The molecule has 1 amide bonds. The third-order valence-electron chi connectivity index (χ3n) is 5.59. The Bertz CT molecular complexity index is 1400. The SMILES string of the molecule is Cc1ccccc1C(=O)Nc1c(-c2ccc3c(c2)OCO3)c(=O)c2ccccc2n1C. The number of anilines is 1. The lowest BCUT2D eigenvalue weighted by molar-refractivity contribution is 0.102. The summed E-state index contributed by atoms with van der Waals surface area (Å²) in [5, 5.41) is 3.56. The van der Waals surface area contributed by atoms with Crippen molar-refractivity contribution in [3.05, 3.63) is 88.1 Å². The van der Waals surface area contributed by atoms with Crippen LogP contribution in [0.1, 0.15) is 15.9 Å². The number of aromatic nitrogens is 1. The summed E-state index contributed by atoms with van der Waals surface area (Å²) in [6.07, 6.45) is 0. The minimum atomic E-state index is -0.273. The Kier molecular flexibility index (Phi) is 4.47. The predicted octanol–water partition coefficient (Wildman–Crippen LogP) is 4.49. The highest BCUT2D eigenvalue weighted by atomic mass is 16.7. The van der Waals surface area contributed by atoms with E-state index in [1.54, 1.807) is 24.3 Å². The van der Waals surface area contributed by atoms with Crippen LogP contribution in [0.4, 0.5) is 5.82 Å².